The lowest BCUT2D eigenvalue weighted by atomic mass is 9.95. The molecular weight excluding hydrogens is 292 g/mol. The minimum atomic E-state index is -2.26. The number of aliphatic hydroxyl groups is 1. The Bertz CT molecular complexity index is 343. The molecule has 0 aromatic heterocycles. The number of ether oxygens (including phenoxy) is 3. The third kappa shape index (κ3) is 7.97. The lowest BCUT2D eigenvalue weighted by molar-refractivity contribution is -0.177. The predicted molar refractivity (Wildman–Crippen MR) is 77.9 cm³/mol. The molecule has 0 atom stereocenters. The fourth-order valence-corrected chi connectivity index (χ4v) is 1.55. The molecule has 1 N–H and O–H groups in total. The summed E-state index contributed by atoms with van der Waals surface area (Å²) in [6.07, 6.45) is 0.502. The molecule has 22 heavy (non-hydrogen) atoms. The van der Waals surface area contributed by atoms with E-state index in [9.17, 15) is 19.5 Å². The van der Waals surface area contributed by atoms with Crippen molar-refractivity contribution >= 4 is 17.9 Å². The van der Waals surface area contributed by atoms with E-state index in [-0.39, 0.29) is 19.8 Å². The summed E-state index contributed by atoms with van der Waals surface area (Å²) >= 11 is 0. The average molecular weight is 318 g/mol. The molecule has 0 amide bonds. The molecule has 0 aliphatic rings. The van der Waals surface area contributed by atoms with Gasteiger partial charge in [-0.15, -0.1) is 0 Å². The van der Waals surface area contributed by atoms with Crippen LogP contribution in [-0.2, 0) is 28.6 Å². The van der Waals surface area contributed by atoms with E-state index in [0.717, 1.165) is 0 Å². The van der Waals surface area contributed by atoms with Crippen LogP contribution < -0.4 is 0 Å². The molecule has 0 aliphatic heterocycles. The fraction of sp³-hybridized carbons (Fsp3) is 0.800. The van der Waals surface area contributed by atoms with Crippen LogP contribution >= 0.6 is 0 Å². The lowest BCUT2D eigenvalue weighted by Gasteiger charge is -2.24. The monoisotopic (exact) mass is 318 g/mol. The summed E-state index contributed by atoms with van der Waals surface area (Å²) in [5.74, 6) is -2.54. The van der Waals surface area contributed by atoms with Crippen molar-refractivity contribution in [2.24, 2.45) is 0 Å². The third-order valence-corrected chi connectivity index (χ3v) is 2.63. The molecule has 0 spiro atoms. The van der Waals surface area contributed by atoms with Crippen LogP contribution in [-0.4, -0.2) is 48.4 Å². The first-order chi connectivity index (χ1) is 10.4. The maximum atomic E-state index is 12.0. The summed E-state index contributed by atoms with van der Waals surface area (Å²) in [5, 5.41) is 10.4. The van der Waals surface area contributed by atoms with Crippen LogP contribution in [0, 0.1) is 0 Å². The predicted octanol–water partition coefficient (Wildman–Crippen LogP) is 1.36. The molecule has 0 unspecified atom stereocenters. The average Bonchev–Trinajstić information content (AvgIpc) is 2.48. The van der Waals surface area contributed by atoms with Crippen LogP contribution in [0.2, 0.25) is 0 Å². The molecule has 0 rings (SSSR count). The highest BCUT2D eigenvalue weighted by Crippen LogP contribution is 2.20. The second kappa shape index (κ2) is 11.0. The zero-order valence-electron chi connectivity index (χ0n) is 13.6. The zero-order valence-corrected chi connectivity index (χ0v) is 13.6. The van der Waals surface area contributed by atoms with Gasteiger partial charge in [-0.1, -0.05) is 20.8 Å². The van der Waals surface area contributed by atoms with E-state index < -0.39 is 36.4 Å². The van der Waals surface area contributed by atoms with Crippen molar-refractivity contribution in [3.8, 4) is 0 Å². The molecule has 0 aliphatic carbocycles. The van der Waals surface area contributed by atoms with Crippen LogP contribution in [0.4, 0.5) is 0 Å². The number of hydrogen-bond donors (Lipinski definition) is 1. The first-order valence-corrected chi connectivity index (χ1v) is 7.60. The van der Waals surface area contributed by atoms with Gasteiger partial charge in [0, 0.05) is 0 Å². The van der Waals surface area contributed by atoms with Crippen LogP contribution in [0.1, 0.15) is 52.9 Å². The molecule has 0 heterocycles. The van der Waals surface area contributed by atoms with Crippen molar-refractivity contribution in [2.45, 2.75) is 58.5 Å². The van der Waals surface area contributed by atoms with Gasteiger partial charge in [0.1, 0.15) is 0 Å². The Kier molecular flexibility index (Phi) is 10.2. The highest BCUT2D eigenvalue weighted by atomic mass is 16.6. The molecule has 128 valence electrons. The Hall–Kier alpha value is -1.63. The summed E-state index contributed by atoms with van der Waals surface area (Å²) in [5.41, 5.74) is -2.26. The van der Waals surface area contributed by atoms with Crippen molar-refractivity contribution in [3.63, 3.8) is 0 Å². The molecule has 0 bridgehead atoms. The number of rotatable bonds is 11. The quantitative estimate of drug-likeness (QED) is 0.453. The minimum absolute atomic E-state index is 0.0924. The van der Waals surface area contributed by atoms with Crippen molar-refractivity contribution in [1.82, 2.24) is 0 Å². The summed E-state index contributed by atoms with van der Waals surface area (Å²) < 4.78 is 14.6. The van der Waals surface area contributed by atoms with Crippen molar-refractivity contribution in [1.29, 1.82) is 0 Å². The molecule has 0 aromatic rings. The highest BCUT2D eigenvalue weighted by Gasteiger charge is 2.43. The van der Waals surface area contributed by atoms with Crippen LogP contribution in [0.3, 0.4) is 0 Å². The Labute approximate surface area is 130 Å². The maximum Gasteiger partial charge on any atom is 0.339 e. The summed E-state index contributed by atoms with van der Waals surface area (Å²) in [7, 11) is 0. The first kappa shape index (κ1) is 20.4. The molecule has 0 saturated carbocycles. The molecule has 0 aromatic carbocycles. The largest absolute Gasteiger partial charge is 0.466 e. The van der Waals surface area contributed by atoms with Gasteiger partial charge in [0.25, 0.3) is 0 Å². The maximum absolute atomic E-state index is 12.0. The first-order valence-electron chi connectivity index (χ1n) is 7.60. The zero-order chi connectivity index (χ0) is 17.0. The van der Waals surface area contributed by atoms with E-state index in [2.05, 4.69) is 0 Å². The number of carbonyl (C=O) groups excluding carboxylic acids is 3. The summed E-state index contributed by atoms with van der Waals surface area (Å²) in [4.78, 5) is 35.3. The second-order valence-corrected chi connectivity index (χ2v) is 4.96. The third-order valence-electron chi connectivity index (χ3n) is 2.63. The second-order valence-electron chi connectivity index (χ2n) is 4.96. The van der Waals surface area contributed by atoms with E-state index in [1.54, 1.807) is 6.92 Å². The highest BCUT2D eigenvalue weighted by molar-refractivity contribution is 5.90. The Morgan fingerprint density at radius 3 is 1.50 bits per heavy atom. The van der Waals surface area contributed by atoms with E-state index >= 15 is 0 Å². The summed E-state index contributed by atoms with van der Waals surface area (Å²) in [6, 6.07) is 0. The van der Waals surface area contributed by atoms with Gasteiger partial charge in [0.2, 0.25) is 0 Å². The van der Waals surface area contributed by atoms with Gasteiger partial charge in [-0.25, -0.2) is 4.79 Å². The number of carbonyl (C=O) groups is 3. The van der Waals surface area contributed by atoms with Gasteiger partial charge in [0.15, 0.2) is 5.60 Å². The molecule has 7 heteroatoms. The standard InChI is InChI=1S/C15H26O7/c1-4-7-20-12(16)10-15(19,14(18)22-9-6-3)11-13(17)21-8-5-2/h19H,4-11H2,1-3H3. The van der Waals surface area contributed by atoms with Crippen LogP contribution in [0.15, 0.2) is 0 Å². The molecular formula is C15H26O7. The number of hydrogen-bond acceptors (Lipinski definition) is 7. The Balaban J connectivity index is 4.83. The molecule has 0 fully saturated rings. The van der Waals surface area contributed by atoms with Gasteiger partial charge >= 0.3 is 17.9 Å². The molecule has 0 saturated heterocycles. The van der Waals surface area contributed by atoms with Crippen molar-refractivity contribution in [2.75, 3.05) is 19.8 Å². The SMILES string of the molecule is CCCOC(=O)CC(O)(CC(=O)OCCC)C(=O)OCCC. The fourth-order valence-electron chi connectivity index (χ4n) is 1.55. The van der Waals surface area contributed by atoms with Crippen LogP contribution in [0.5, 0.6) is 0 Å². The smallest absolute Gasteiger partial charge is 0.339 e. The van der Waals surface area contributed by atoms with E-state index in [4.69, 9.17) is 14.2 Å². The van der Waals surface area contributed by atoms with E-state index in [1.807, 2.05) is 13.8 Å². The van der Waals surface area contributed by atoms with Gasteiger partial charge in [-0.2, -0.15) is 0 Å². The Morgan fingerprint density at radius 1 is 0.773 bits per heavy atom. The normalized spacial score (nSPS) is 10.9. The van der Waals surface area contributed by atoms with Crippen LogP contribution in [0.25, 0.3) is 0 Å². The topological polar surface area (TPSA) is 99.1 Å². The number of esters is 3. The van der Waals surface area contributed by atoms with Crippen molar-refractivity contribution < 1.29 is 33.7 Å². The van der Waals surface area contributed by atoms with Gasteiger partial charge < -0.3 is 19.3 Å². The molecule has 7 nitrogen and oxygen atoms in total. The molecule has 0 radical (unpaired) electrons. The Morgan fingerprint density at radius 2 is 1.14 bits per heavy atom. The minimum Gasteiger partial charge on any atom is -0.466 e. The summed E-state index contributed by atoms with van der Waals surface area (Å²) in [6.45, 7) is 5.87. The van der Waals surface area contributed by atoms with Crippen molar-refractivity contribution in [3.05, 3.63) is 0 Å². The lowest BCUT2D eigenvalue weighted by Crippen LogP contribution is -2.45. The van der Waals surface area contributed by atoms with E-state index in [0.29, 0.717) is 19.3 Å². The van der Waals surface area contributed by atoms with E-state index in [1.165, 1.54) is 0 Å². The van der Waals surface area contributed by atoms with Gasteiger partial charge in [-0.3, -0.25) is 9.59 Å². The van der Waals surface area contributed by atoms with Gasteiger partial charge in [0.05, 0.1) is 32.7 Å². The van der Waals surface area contributed by atoms with Gasteiger partial charge in [-0.05, 0) is 19.3 Å².